The molecule has 0 heterocycles. The quantitative estimate of drug-likeness (QED) is 0.0261. The fourth-order valence-corrected chi connectivity index (χ4v) is 8.90. The van der Waals surface area contributed by atoms with Gasteiger partial charge in [-0.1, -0.05) is 274 Å². The number of esters is 3. The summed E-state index contributed by atoms with van der Waals surface area (Å²) in [5.41, 5.74) is 0. The highest BCUT2D eigenvalue weighted by Crippen LogP contribution is 2.16. The number of allylic oxidation sites excluding steroid dienone is 10. The van der Waals surface area contributed by atoms with Crippen molar-refractivity contribution in [2.75, 3.05) is 13.2 Å². The Morgan fingerprint density at radius 3 is 0.873 bits per heavy atom. The molecule has 0 radical (unpaired) electrons. The van der Waals surface area contributed by atoms with Gasteiger partial charge in [-0.05, 0) is 83.5 Å². The topological polar surface area (TPSA) is 78.9 Å². The van der Waals surface area contributed by atoms with Gasteiger partial charge < -0.3 is 14.2 Å². The first-order chi connectivity index (χ1) is 35.0. The van der Waals surface area contributed by atoms with Gasteiger partial charge in [-0.25, -0.2) is 0 Å². The molecular formula is C65H116O6. The molecule has 0 aromatic heterocycles. The average Bonchev–Trinajstić information content (AvgIpc) is 3.37. The molecule has 0 aromatic carbocycles. The lowest BCUT2D eigenvalue weighted by molar-refractivity contribution is -0.167. The normalized spacial score (nSPS) is 12.4. The van der Waals surface area contributed by atoms with Gasteiger partial charge in [0.15, 0.2) is 6.10 Å². The number of hydrogen-bond acceptors (Lipinski definition) is 6. The van der Waals surface area contributed by atoms with Crippen molar-refractivity contribution in [3.63, 3.8) is 0 Å². The molecule has 0 aliphatic rings. The Kier molecular flexibility index (Phi) is 57.2. The smallest absolute Gasteiger partial charge is 0.306 e. The van der Waals surface area contributed by atoms with Crippen LogP contribution in [-0.4, -0.2) is 37.2 Å². The summed E-state index contributed by atoms with van der Waals surface area (Å²) in [6.45, 7) is 6.55. The van der Waals surface area contributed by atoms with Gasteiger partial charge in [-0.3, -0.25) is 14.4 Å². The maximum atomic E-state index is 12.9. The highest BCUT2D eigenvalue weighted by atomic mass is 16.6. The Hall–Kier alpha value is -2.89. The highest BCUT2D eigenvalue weighted by molar-refractivity contribution is 5.71. The van der Waals surface area contributed by atoms with Crippen LogP contribution in [0.25, 0.3) is 0 Å². The number of ether oxygens (including phenoxy) is 3. The van der Waals surface area contributed by atoms with E-state index in [1.165, 1.54) is 173 Å². The third kappa shape index (κ3) is 57.9. The Morgan fingerprint density at radius 1 is 0.296 bits per heavy atom. The minimum absolute atomic E-state index is 0.0791. The van der Waals surface area contributed by atoms with Gasteiger partial charge in [0.1, 0.15) is 13.2 Å². The number of rotatable bonds is 56. The van der Waals surface area contributed by atoms with Crippen molar-refractivity contribution in [1.82, 2.24) is 0 Å². The van der Waals surface area contributed by atoms with Gasteiger partial charge in [-0.2, -0.15) is 0 Å². The zero-order valence-electron chi connectivity index (χ0n) is 47.2. The van der Waals surface area contributed by atoms with Crippen LogP contribution in [0.1, 0.15) is 316 Å². The summed E-state index contributed by atoms with van der Waals surface area (Å²) in [6.07, 6.45) is 75.0. The molecule has 0 fully saturated rings. The van der Waals surface area contributed by atoms with Crippen molar-refractivity contribution in [3.8, 4) is 0 Å². The fraction of sp³-hybridized carbons (Fsp3) is 0.800. The van der Waals surface area contributed by atoms with Crippen LogP contribution in [0.15, 0.2) is 60.8 Å². The molecule has 0 aliphatic heterocycles. The molecule has 1 unspecified atom stereocenters. The average molecular weight is 994 g/mol. The summed E-state index contributed by atoms with van der Waals surface area (Å²) in [4.78, 5) is 38.3. The molecule has 0 aromatic rings. The van der Waals surface area contributed by atoms with Crippen LogP contribution in [0.5, 0.6) is 0 Å². The van der Waals surface area contributed by atoms with E-state index in [4.69, 9.17) is 14.2 Å². The van der Waals surface area contributed by atoms with Crippen LogP contribution in [-0.2, 0) is 28.6 Å². The largest absolute Gasteiger partial charge is 0.462 e. The van der Waals surface area contributed by atoms with Gasteiger partial charge in [0.2, 0.25) is 0 Å². The summed E-state index contributed by atoms with van der Waals surface area (Å²) in [7, 11) is 0. The van der Waals surface area contributed by atoms with Crippen LogP contribution in [0.3, 0.4) is 0 Å². The van der Waals surface area contributed by atoms with E-state index in [9.17, 15) is 14.4 Å². The van der Waals surface area contributed by atoms with E-state index < -0.39 is 6.10 Å². The lowest BCUT2D eigenvalue weighted by atomic mass is 10.0. The molecule has 1 atom stereocenters. The van der Waals surface area contributed by atoms with E-state index in [1.807, 2.05) is 0 Å². The zero-order chi connectivity index (χ0) is 51.4. The summed E-state index contributed by atoms with van der Waals surface area (Å²) in [5.74, 6) is -0.885. The minimum atomic E-state index is -0.784. The Bertz CT molecular complexity index is 1280. The van der Waals surface area contributed by atoms with E-state index in [0.717, 1.165) is 103 Å². The molecule has 6 nitrogen and oxygen atoms in total. The summed E-state index contributed by atoms with van der Waals surface area (Å²) in [6, 6.07) is 0. The SMILES string of the molecule is CC/C=C\C/C=C\C/C=C\C/C=C\CCCCCCCCC(=O)OCC(COC(=O)CCCCCCCCCCCCCCCCCC)OC(=O)CCCCCCC/C=C\CCCCCCCCCCC. The highest BCUT2D eigenvalue weighted by Gasteiger charge is 2.19. The predicted octanol–water partition coefficient (Wildman–Crippen LogP) is 20.8. The Labute approximate surface area is 440 Å². The standard InChI is InChI=1S/C65H116O6/c1-4-7-10-13-16-19-22-25-28-31-33-35-37-40-43-46-49-52-55-58-64(67)70-61-62(60-69-63(66)57-54-51-48-45-42-39-36-30-27-24-21-18-15-12-9-6-3)71-65(68)59-56-53-50-47-44-41-38-34-32-29-26-23-20-17-14-11-8-5-2/h7,10,16,19,25,28,33-35,38,62H,4-6,8-9,11-15,17-18,20-24,26-27,29-32,36-37,39-61H2,1-3H3/b10-7-,19-16-,28-25-,35-33-,38-34-. The molecule has 0 amide bonds. The second-order valence-corrected chi connectivity index (χ2v) is 20.6. The van der Waals surface area contributed by atoms with E-state index in [0.29, 0.717) is 19.3 Å². The van der Waals surface area contributed by atoms with Crippen LogP contribution in [0, 0.1) is 0 Å². The third-order valence-corrected chi connectivity index (χ3v) is 13.5. The van der Waals surface area contributed by atoms with Gasteiger partial charge >= 0.3 is 17.9 Å². The maximum Gasteiger partial charge on any atom is 0.306 e. The Balaban J connectivity index is 4.39. The summed E-state index contributed by atoms with van der Waals surface area (Å²) < 4.78 is 16.9. The van der Waals surface area contributed by atoms with E-state index in [2.05, 4.69) is 81.5 Å². The van der Waals surface area contributed by atoms with Gasteiger partial charge in [0.05, 0.1) is 0 Å². The molecule has 0 rings (SSSR count). The number of hydrogen-bond donors (Lipinski definition) is 0. The third-order valence-electron chi connectivity index (χ3n) is 13.5. The number of unbranched alkanes of at least 4 members (excludes halogenated alkanes) is 35. The van der Waals surface area contributed by atoms with Crippen molar-refractivity contribution in [2.45, 2.75) is 322 Å². The van der Waals surface area contributed by atoms with E-state index in [1.54, 1.807) is 0 Å². The summed E-state index contributed by atoms with van der Waals surface area (Å²) >= 11 is 0. The van der Waals surface area contributed by atoms with Gasteiger partial charge in [0.25, 0.3) is 0 Å². The first-order valence-electron chi connectivity index (χ1n) is 30.8. The van der Waals surface area contributed by atoms with Gasteiger partial charge in [-0.15, -0.1) is 0 Å². The van der Waals surface area contributed by atoms with Gasteiger partial charge in [0, 0.05) is 19.3 Å². The second-order valence-electron chi connectivity index (χ2n) is 20.6. The molecule has 0 aliphatic carbocycles. The zero-order valence-corrected chi connectivity index (χ0v) is 47.2. The van der Waals surface area contributed by atoms with E-state index >= 15 is 0 Å². The molecule has 6 heteroatoms. The molecular weight excluding hydrogens is 877 g/mol. The van der Waals surface area contributed by atoms with Crippen LogP contribution < -0.4 is 0 Å². The molecule has 0 N–H and O–H groups in total. The molecule has 71 heavy (non-hydrogen) atoms. The lowest BCUT2D eigenvalue weighted by Crippen LogP contribution is -2.30. The fourth-order valence-electron chi connectivity index (χ4n) is 8.90. The number of carbonyl (C=O) groups is 3. The molecule has 412 valence electrons. The first-order valence-corrected chi connectivity index (χ1v) is 30.8. The van der Waals surface area contributed by atoms with Crippen LogP contribution in [0.4, 0.5) is 0 Å². The van der Waals surface area contributed by atoms with Crippen molar-refractivity contribution in [3.05, 3.63) is 60.8 Å². The molecule has 0 bridgehead atoms. The van der Waals surface area contributed by atoms with Crippen molar-refractivity contribution < 1.29 is 28.6 Å². The van der Waals surface area contributed by atoms with Crippen molar-refractivity contribution >= 4 is 17.9 Å². The summed E-state index contributed by atoms with van der Waals surface area (Å²) in [5, 5.41) is 0. The minimum Gasteiger partial charge on any atom is -0.462 e. The lowest BCUT2D eigenvalue weighted by Gasteiger charge is -2.18. The van der Waals surface area contributed by atoms with Crippen LogP contribution in [0.2, 0.25) is 0 Å². The molecule has 0 spiro atoms. The maximum absolute atomic E-state index is 12.9. The monoisotopic (exact) mass is 993 g/mol. The molecule has 0 saturated carbocycles. The predicted molar refractivity (Wildman–Crippen MR) is 307 cm³/mol. The van der Waals surface area contributed by atoms with Crippen LogP contribution >= 0.6 is 0 Å². The van der Waals surface area contributed by atoms with Crippen molar-refractivity contribution in [2.24, 2.45) is 0 Å². The number of carbonyl (C=O) groups excluding carboxylic acids is 3. The Morgan fingerprint density at radius 2 is 0.549 bits per heavy atom. The second kappa shape index (κ2) is 59.7. The van der Waals surface area contributed by atoms with Crippen molar-refractivity contribution in [1.29, 1.82) is 0 Å². The van der Waals surface area contributed by atoms with E-state index in [-0.39, 0.29) is 31.1 Å². The molecule has 0 saturated heterocycles. The first kappa shape index (κ1) is 68.1.